The summed E-state index contributed by atoms with van der Waals surface area (Å²) in [5.74, 6) is 0.545. The summed E-state index contributed by atoms with van der Waals surface area (Å²) in [6.07, 6.45) is 0.868. The van der Waals surface area contributed by atoms with E-state index in [9.17, 15) is 22.2 Å². The Balaban J connectivity index is 1.79. The molecule has 3 rings (SSSR count). The highest BCUT2D eigenvalue weighted by Gasteiger charge is 2.31. The van der Waals surface area contributed by atoms with E-state index >= 15 is 0 Å². The molecule has 0 aliphatic heterocycles. The predicted octanol–water partition coefficient (Wildman–Crippen LogP) is 3.79. The molecular weight excluding hydrogens is 429 g/mol. The lowest BCUT2D eigenvalue weighted by molar-refractivity contribution is -0.137. The van der Waals surface area contributed by atoms with Crippen LogP contribution in [0.25, 0.3) is 5.82 Å². The van der Waals surface area contributed by atoms with Gasteiger partial charge in [0.2, 0.25) is 0 Å². The lowest BCUT2D eigenvalue weighted by atomic mass is 9.95. The summed E-state index contributed by atoms with van der Waals surface area (Å²) in [6.45, 7) is 1.89. The van der Waals surface area contributed by atoms with Crippen molar-refractivity contribution in [2.45, 2.75) is 50.1 Å². The van der Waals surface area contributed by atoms with E-state index in [1.165, 1.54) is 6.20 Å². The smallest absolute Gasteiger partial charge is 0.380 e. The van der Waals surface area contributed by atoms with Crippen LogP contribution in [0.1, 0.15) is 38.2 Å². The molecule has 1 N–H and O–H groups in total. The second-order valence-electron chi connectivity index (χ2n) is 6.79. The minimum atomic E-state index is -4.52. The maximum absolute atomic E-state index is 12.7. The molecule has 0 amide bonds. The van der Waals surface area contributed by atoms with E-state index in [1.807, 2.05) is 6.92 Å². The SMILES string of the molecule is CCS(=O)C1CCCC(Nc2cnn(-c3ccc(C(F)(F)F)cn3)c(=O)c2Cl)C1. The lowest BCUT2D eigenvalue weighted by Gasteiger charge is -2.29. The lowest BCUT2D eigenvalue weighted by Crippen LogP contribution is -2.34. The molecule has 158 valence electrons. The number of anilines is 1. The standard InChI is InChI=1S/C18H20ClF3N4O2S/c1-2-29(28)13-5-3-4-12(8-13)25-14-10-24-26(17(27)16(14)19)15-7-6-11(9-23-15)18(20,21)22/h6-7,9-10,12-13,25H,2-5,8H2,1H3. The molecule has 2 heterocycles. The summed E-state index contributed by atoms with van der Waals surface area (Å²) < 4.78 is 50.9. The first kappa shape index (κ1) is 21.8. The van der Waals surface area contributed by atoms with Gasteiger partial charge in [0.25, 0.3) is 5.56 Å². The second-order valence-corrected chi connectivity index (χ2v) is 9.17. The van der Waals surface area contributed by atoms with E-state index in [0.29, 0.717) is 24.1 Å². The second kappa shape index (κ2) is 8.83. The topological polar surface area (TPSA) is 76.9 Å². The van der Waals surface area contributed by atoms with Gasteiger partial charge in [0.15, 0.2) is 5.82 Å². The monoisotopic (exact) mass is 448 g/mol. The van der Waals surface area contributed by atoms with Crippen molar-refractivity contribution in [1.82, 2.24) is 14.8 Å². The van der Waals surface area contributed by atoms with Gasteiger partial charge in [0.05, 0.1) is 17.4 Å². The largest absolute Gasteiger partial charge is 0.417 e. The molecule has 0 radical (unpaired) electrons. The number of hydrogen-bond acceptors (Lipinski definition) is 5. The number of rotatable bonds is 5. The maximum atomic E-state index is 12.7. The zero-order chi connectivity index (χ0) is 21.2. The molecule has 1 saturated carbocycles. The molecule has 3 atom stereocenters. The van der Waals surface area contributed by atoms with Crippen LogP contribution in [0.5, 0.6) is 0 Å². The van der Waals surface area contributed by atoms with E-state index in [2.05, 4.69) is 15.4 Å². The highest BCUT2D eigenvalue weighted by atomic mass is 35.5. The Morgan fingerprint density at radius 1 is 1.31 bits per heavy atom. The molecule has 2 aromatic heterocycles. The summed E-state index contributed by atoms with van der Waals surface area (Å²) in [4.78, 5) is 16.2. The van der Waals surface area contributed by atoms with Crippen LogP contribution >= 0.6 is 11.6 Å². The summed E-state index contributed by atoms with van der Waals surface area (Å²) in [5.41, 5.74) is -1.27. The fourth-order valence-electron chi connectivity index (χ4n) is 3.35. The molecular formula is C18H20ClF3N4O2S. The van der Waals surface area contributed by atoms with Crippen LogP contribution in [-0.4, -0.2) is 36.0 Å². The van der Waals surface area contributed by atoms with E-state index in [-0.39, 0.29) is 22.1 Å². The fraction of sp³-hybridized carbons (Fsp3) is 0.500. The molecule has 0 saturated heterocycles. The van der Waals surface area contributed by atoms with Crippen LogP contribution in [0, 0.1) is 0 Å². The third-order valence-corrected chi connectivity index (χ3v) is 6.96. The Morgan fingerprint density at radius 2 is 2.07 bits per heavy atom. The van der Waals surface area contributed by atoms with Crippen molar-refractivity contribution in [3.05, 3.63) is 45.5 Å². The first-order valence-corrected chi connectivity index (χ1v) is 10.9. The molecule has 1 aliphatic rings. The number of hydrogen-bond donors (Lipinski definition) is 1. The number of aromatic nitrogens is 3. The van der Waals surface area contributed by atoms with Crippen LogP contribution in [0.2, 0.25) is 5.02 Å². The average molecular weight is 449 g/mol. The van der Waals surface area contributed by atoms with Crippen molar-refractivity contribution in [3.63, 3.8) is 0 Å². The van der Waals surface area contributed by atoms with Gasteiger partial charge in [0.1, 0.15) is 5.02 Å². The molecule has 1 aliphatic carbocycles. The Hall–Kier alpha value is -1.94. The molecule has 11 heteroatoms. The molecule has 6 nitrogen and oxygen atoms in total. The first-order valence-electron chi connectivity index (χ1n) is 9.16. The summed E-state index contributed by atoms with van der Waals surface area (Å²) >= 11 is 6.19. The number of alkyl halides is 3. The third kappa shape index (κ3) is 4.98. The van der Waals surface area contributed by atoms with Gasteiger partial charge in [-0.1, -0.05) is 24.9 Å². The van der Waals surface area contributed by atoms with Crippen LogP contribution in [-0.2, 0) is 17.0 Å². The molecule has 0 bridgehead atoms. The Kier molecular flexibility index (Phi) is 6.62. The number of nitrogens with zero attached hydrogens (tertiary/aromatic N) is 3. The van der Waals surface area contributed by atoms with Gasteiger partial charge < -0.3 is 5.32 Å². The van der Waals surface area contributed by atoms with Gasteiger partial charge in [-0.3, -0.25) is 9.00 Å². The average Bonchev–Trinajstić information content (AvgIpc) is 2.70. The van der Waals surface area contributed by atoms with Crippen molar-refractivity contribution in [2.75, 3.05) is 11.1 Å². The summed E-state index contributed by atoms with van der Waals surface area (Å²) in [5, 5.41) is 7.17. The van der Waals surface area contributed by atoms with Crippen molar-refractivity contribution in [3.8, 4) is 5.82 Å². The normalized spacial score (nSPS) is 21.0. The number of pyridine rings is 1. The quantitative estimate of drug-likeness (QED) is 0.753. The van der Waals surface area contributed by atoms with Crippen molar-refractivity contribution >= 4 is 28.1 Å². The zero-order valence-electron chi connectivity index (χ0n) is 15.6. The van der Waals surface area contributed by atoms with Crippen LogP contribution < -0.4 is 10.9 Å². The van der Waals surface area contributed by atoms with E-state index in [0.717, 1.165) is 36.1 Å². The van der Waals surface area contributed by atoms with Gasteiger partial charge in [0, 0.05) is 34.0 Å². The fourth-order valence-corrected chi connectivity index (χ4v) is 4.88. The Labute approximate surface area is 172 Å². The van der Waals surface area contributed by atoms with Crippen molar-refractivity contribution < 1.29 is 17.4 Å². The molecule has 3 unspecified atom stereocenters. The van der Waals surface area contributed by atoms with Crippen molar-refractivity contribution in [1.29, 1.82) is 0 Å². The van der Waals surface area contributed by atoms with Gasteiger partial charge in [-0.2, -0.15) is 23.0 Å². The van der Waals surface area contributed by atoms with Gasteiger partial charge >= 0.3 is 6.18 Å². The highest BCUT2D eigenvalue weighted by molar-refractivity contribution is 7.85. The van der Waals surface area contributed by atoms with Gasteiger partial charge in [-0.15, -0.1) is 0 Å². The van der Waals surface area contributed by atoms with E-state index in [1.54, 1.807) is 0 Å². The first-order chi connectivity index (χ1) is 13.7. The molecule has 29 heavy (non-hydrogen) atoms. The molecule has 2 aromatic rings. The minimum absolute atomic E-state index is 0.0167. The van der Waals surface area contributed by atoms with E-state index < -0.39 is 28.1 Å². The summed E-state index contributed by atoms with van der Waals surface area (Å²) in [6, 6.07) is 1.90. The zero-order valence-corrected chi connectivity index (χ0v) is 17.2. The third-order valence-electron chi connectivity index (χ3n) is 4.85. The Bertz CT molecular complexity index is 950. The minimum Gasteiger partial charge on any atom is -0.380 e. The molecule has 1 fully saturated rings. The van der Waals surface area contributed by atoms with Crippen LogP contribution in [0.3, 0.4) is 0 Å². The highest BCUT2D eigenvalue weighted by Crippen LogP contribution is 2.29. The van der Waals surface area contributed by atoms with Gasteiger partial charge in [-0.05, 0) is 31.4 Å². The molecule has 0 spiro atoms. The Morgan fingerprint density at radius 3 is 2.69 bits per heavy atom. The van der Waals surface area contributed by atoms with E-state index in [4.69, 9.17) is 11.6 Å². The van der Waals surface area contributed by atoms with Crippen LogP contribution in [0.15, 0.2) is 29.3 Å². The van der Waals surface area contributed by atoms with Crippen molar-refractivity contribution in [2.24, 2.45) is 0 Å². The number of halogens is 4. The predicted molar refractivity (Wildman–Crippen MR) is 106 cm³/mol. The van der Waals surface area contributed by atoms with Gasteiger partial charge in [-0.25, -0.2) is 4.98 Å². The molecule has 0 aromatic carbocycles. The maximum Gasteiger partial charge on any atom is 0.417 e. The summed E-state index contributed by atoms with van der Waals surface area (Å²) in [7, 11) is -0.882. The van der Waals surface area contributed by atoms with Crippen LogP contribution in [0.4, 0.5) is 18.9 Å². The number of nitrogens with one attached hydrogen (secondary N) is 1.